The van der Waals surface area contributed by atoms with E-state index in [-0.39, 0.29) is 11.9 Å². The molecule has 1 unspecified atom stereocenters. The number of hydrogen-bond donors (Lipinski definition) is 2. The lowest BCUT2D eigenvalue weighted by Crippen LogP contribution is -2.30. The summed E-state index contributed by atoms with van der Waals surface area (Å²) in [5.41, 5.74) is 7.42. The van der Waals surface area contributed by atoms with Crippen molar-refractivity contribution in [2.45, 2.75) is 26.0 Å². The third-order valence-corrected chi connectivity index (χ3v) is 3.59. The smallest absolute Gasteiger partial charge is 0.173 e. The zero-order valence-corrected chi connectivity index (χ0v) is 12.6. The van der Waals surface area contributed by atoms with Crippen LogP contribution in [-0.2, 0) is 11.3 Å². The molecule has 116 valence electrons. The first-order valence-corrected chi connectivity index (χ1v) is 7.12. The van der Waals surface area contributed by atoms with Crippen molar-refractivity contribution in [1.29, 1.82) is 0 Å². The summed E-state index contributed by atoms with van der Waals surface area (Å²) in [4.78, 5) is 2.36. The summed E-state index contributed by atoms with van der Waals surface area (Å²) in [6, 6.07) is 5.76. The fourth-order valence-electron chi connectivity index (χ4n) is 2.59. The van der Waals surface area contributed by atoms with E-state index >= 15 is 0 Å². The minimum atomic E-state index is 0.0567. The highest BCUT2D eigenvalue weighted by Crippen LogP contribution is 2.21. The van der Waals surface area contributed by atoms with Crippen molar-refractivity contribution in [2.75, 3.05) is 26.8 Å². The normalized spacial score (nSPS) is 21.0. The second-order valence-corrected chi connectivity index (χ2v) is 5.29. The fraction of sp³-hybridized carbons (Fsp3) is 0.533. The van der Waals surface area contributed by atoms with Gasteiger partial charge in [0.2, 0.25) is 0 Å². The number of nitrogens with zero attached hydrogens (tertiary/aromatic N) is 2. The summed E-state index contributed by atoms with van der Waals surface area (Å²) in [7, 11) is 1.57. The van der Waals surface area contributed by atoms with Gasteiger partial charge in [-0.2, -0.15) is 0 Å². The molecule has 0 spiro atoms. The Labute approximate surface area is 125 Å². The van der Waals surface area contributed by atoms with E-state index in [1.807, 2.05) is 18.2 Å². The zero-order valence-electron chi connectivity index (χ0n) is 12.6. The van der Waals surface area contributed by atoms with Crippen LogP contribution in [0.25, 0.3) is 0 Å². The molecule has 6 nitrogen and oxygen atoms in total. The Hall–Kier alpha value is -1.79. The van der Waals surface area contributed by atoms with E-state index in [0.29, 0.717) is 11.3 Å². The Kier molecular flexibility index (Phi) is 5.41. The molecule has 6 heteroatoms. The van der Waals surface area contributed by atoms with Gasteiger partial charge in [-0.15, -0.1) is 0 Å². The number of nitrogens with two attached hydrogens (primary N) is 1. The average Bonchev–Trinajstić information content (AvgIpc) is 2.70. The van der Waals surface area contributed by atoms with Crippen molar-refractivity contribution in [3.63, 3.8) is 0 Å². The van der Waals surface area contributed by atoms with Gasteiger partial charge in [0.05, 0.1) is 18.8 Å². The second-order valence-electron chi connectivity index (χ2n) is 5.29. The van der Waals surface area contributed by atoms with Gasteiger partial charge in [-0.3, -0.25) is 4.90 Å². The molecular formula is C15H23N3O3. The molecule has 1 atom stereocenters. The summed E-state index contributed by atoms with van der Waals surface area (Å²) >= 11 is 0. The molecule has 1 fully saturated rings. The van der Waals surface area contributed by atoms with E-state index in [1.165, 1.54) is 0 Å². The highest BCUT2D eigenvalue weighted by molar-refractivity contribution is 5.99. The molecule has 0 saturated carbocycles. The summed E-state index contributed by atoms with van der Waals surface area (Å²) in [6.45, 7) is 5.63. The summed E-state index contributed by atoms with van der Waals surface area (Å²) in [5, 5.41) is 11.9. The van der Waals surface area contributed by atoms with Crippen LogP contribution in [0, 0.1) is 0 Å². The first-order chi connectivity index (χ1) is 10.1. The highest BCUT2D eigenvalue weighted by Gasteiger charge is 2.16. The standard InChI is InChI=1S/C15H23N3O3/c1-11-9-18(6-3-7-21-11)10-12-4-5-14(20-2)13(8-12)15(16)17-19/h4-5,8,11,19H,3,6-7,9-10H2,1-2H3,(H2,16,17). The van der Waals surface area contributed by atoms with E-state index < -0.39 is 0 Å². The Morgan fingerprint density at radius 1 is 1.57 bits per heavy atom. The van der Waals surface area contributed by atoms with Crippen LogP contribution >= 0.6 is 0 Å². The Balaban J connectivity index is 2.16. The van der Waals surface area contributed by atoms with E-state index in [2.05, 4.69) is 17.0 Å². The minimum absolute atomic E-state index is 0.0567. The number of amidine groups is 1. The molecule has 0 bridgehead atoms. The lowest BCUT2D eigenvalue weighted by Gasteiger charge is -2.22. The van der Waals surface area contributed by atoms with Crippen molar-refractivity contribution < 1.29 is 14.7 Å². The third-order valence-electron chi connectivity index (χ3n) is 3.59. The van der Waals surface area contributed by atoms with Crippen molar-refractivity contribution in [3.8, 4) is 5.75 Å². The quantitative estimate of drug-likeness (QED) is 0.380. The van der Waals surface area contributed by atoms with Crippen molar-refractivity contribution in [3.05, 3.63) is 29.3 Å². The molecule has 1 aliphatic heterocycles. The monoisotopic (exact) mass is 293 g/mol. The molecule has 0 aliphatic carbocycles. The van der Waals surface area contributed by atoms with Crippen LogP contribution in [0.4, 0.5) is 0 Å². The van der Waals surface area contributed by atoms with Gasteiger partial charge in [0, 0.05) is 26.2 Å². The van der Waals surface area contributed by atoms with Gasteiger partial charge in [-0.25, -0.2) is 0 Å². The maximum Gasteiger partial charge on any atom is 0.173 e. The van der Waals surface area contributed by atoms with Crippen LogP contribution in [0.15, 0.2) is 23.4 Å². The molecule has 2 rings (SSSR count). The molecule has 0 amide bonds. The predicted molar refractivity (Wildman–Crippen MR) is 80.8 cm³/mol. The van der Waals surface area contributed by atoms with Crippen LogP contribution in [0.3, 0.4) is 0 Å². The van der Waals surface area contributed by atoms with Crippen molar-refractivity contribution in [2.24, 2.45) is 10.9 Å². The van der Waals surface area contributed by atoms with Crippen molar-refractivity contribution >= 4 is 5.84 Å². The summed E-state index contributed by atoms with van der Waals surface area (Å²) < 4.78 is 10.9. The molecule has 1 saturated heterocycles. The first-order valence-electron chi connectivity index (χ1n) is 7.12. The van der Waals surface area contributed by atoms with Crippen LogP contribution in [0.2, 0.25) is 0 Å². The third kappa shape index (κ3) is 4.09. The van der Waals surface area contributed by atoms with Crippen LogP contribution < -0.4 is 10.5 Å². The molecule has 0 aromatic heterocycles. The second kappa shape index (κ2) is 7.28. The maximum absolute atomic E-state index is 8.87. The molecule has 3 N–H and O–H groups in total. The molecule has 1 aromatic rings. The highest BCUT2D eigenvalue weighted by atomic mass is 16.5. The largest absolute Gasteiger partial charge is 0.496 e. The summed E-state index contributed by atoms with van der Waals surface area (Å²) in [6.07, 6.45) is 1.28. The molecule has 1 heterocycles. The fourth-order valence-corrected chi connectivity index (χ4v) is 2.59. The van der Waals surface area contributed by atoms with E-state index in [9.17, 15) is 0 Å². The number of methoxy groups -OCH3 is 1. The number of hydrogen-bond acceptors (Lipinski definition) is 5. The van der Waals surface area contributed by atoms with Crippen LogP contribution in [-0.4, -0.2) is 48.9 Å². The first kappa shape index (κ1) is 15.6. The molecule has 1 aromatic carbocycles. The SMILES string of the molecule is COc1ccc(CN2CCCOC(C)C2)cc1C(N)=NO. The van der Waals surface area contributed by atoms with Gasteiger partial charge < -0.3 is 20.4 Å². The maximum atomic E-state index is 8.87. The van der Waals surface area contributed by atoms with Gasteiger partial charge in [-0.1, -0.05) is 11.2 Å². The van der Waals surface area contributed by atoms with Crippen LogP contribution in [0.5, 0.6) is 5.75 Å². The van der Waals surface area contributed by atoms with Gasteiger partial charge in [0.1, 0.15) is 5.75 Å². The van der Waals surface area contributed by atoms with Crippen molar-refractivity contribution in [1.82, 2.24) is 4.90 Å². The molecule has 1 aliphatic rings. The number of oxime groups is 1. The minimum Gasteiger partial charge on any atom is -0.496 e. The average molecular weight is 293 g/mol. The Bertz CT molecular complexity index is 505. The predicted octanol–water partition coefficient (Wildman–Crippen LogP) is 1.40. The Morgan fingerprint density at radius 3 is 3.10 bits per heavy atom. The van der Waals surface area contributed by atoms with E-state index in [1.54, 1.807) is 7.11 Å². The Morgan fingerprint density at radius 2 is 2.38 bits per heavy atom. The molecular weight excluding hydrogens is 270 g/mol. The molecule has 21 heavy (non-hydrogen) atoms. The van der Waals surface area contributed by atoms with Gasteiger partial charge in [-0.05, 0) is 31.0 Å². The lowest BCUT2D eigenvalue weighted by atomic mass is 10.1. The number of rotatable bonds is 4. The number of benzene rings is 1. The van der Waals surface area contributed by atoms with Gasteiger partial charge in [0.15, 0.2) is 5.84 Å². The van der Waals surface area contributed by atoms with Gasteiger partial charge >= 0.3 is 0 Å². The van der Waals surface area contributed by atoms with E-state index in [0.717, 1.165) is 38.2 Å². The number of ether oxygens (including phenoxy) is 2. The zero-order chi connectivity index (χ0) is 15.2. The van der Waals surface area contributed by atoms with Crippen LogP contribution in [0.1, 0.15) is 24.5 Å². The topological polar surface area (TPSA) is 80.3 Å². The lowest BCUT2D eigenvalue weighted by molar-refractivity contribution is 0.0668. The van der Waals surface area contributed by atoms with E-state index in [4.69, 9.17) is 20.4 Å². The summed E-state index contributed by atoms with van der Waals surface area (Å²) in [5.74, 6) is 0.655. The van der Waals surface area contributed by atoms with Gasteiger partial charge in [0.25, 0.3) is 0 Å². The molecule has 0 radical (unpaired) electrons.